The molecule has 4 N–H and O–H groups in total. The molecule has 0 aliphatic rings. The summed E-state index contributed by atoms with van der Waals surface area (Å²) in [7, 11) is -4.10. The summed E-state index contributed by atoms with van der Waals surface area (Å²) in [6.45, 7) is 3.11. The van der Waals surface area contributed by atoms with Gasteiger partial charge in [-0.3, -0.25) is 4.68 Å². The van der Waals surface area contributed by atoms with E-state index in [1.54, 1.807) is 0 Å². The minimum Gasteiger partial charge on any atom is -0.389 e. The molecule has 0 saturated heterocycles. The van der Waals surface area contributed by atoms with Crippen molar-refractivity contribution >= 4 is 21.7 Å². The number of hydrogen-bond acceptors (Lipinski definition) is 7. The monoisotopic (exact) mass is 456 g/mol. The van der Waals surface area contributed by atoms with Crippen LogP contribution in [0.3, 0.4) is 0 Å². The maximum Gasteiger partial charge on any atom is 0.419 e. The van der Waals surface area contributed by atoms with Crippen molar-refractivity contribution in [2.24, 2.45) is 5.14 Å². The summed E-state index contributed by atoms with van der Waals surface area (Å²) in [6, 6.07) is 5.58. The van der Waals surface area contributed by atoms with E-state index in [1.807, 2.05) is 0 Å². The van der Waals surface area contributed by atoms with E-state index >= 15 is 0 Å². The van der Waals surface area contributed by atoms with Gasteiger partial charge in [0, 0.05) is 18.0 Å². The number of aromatic nitrogens is 4. The molecule has 3 rings (SSSR count). The lowest BCUT2D eigenvalue weighted by atomic mass is 10.1. The number of nitrogens with zero attached hydrogens (tertiary/aromatic N) is 4. The van der Waals surface area contributed by atoms with E-state index in [9.17, 15) is 26.7 Å². The van der Waals surface area contributed by atoms with Gasteiger partial charge in [-0.25, -0.2) is 23.5 Å². The lowest BCUT2D eigenvalue weighted by Gasteiger charge is -2.16. The highest BCUT2D eigenvalue weighted by Crippen LogP contribution is 2.36. The van der Waals surface area contributed by atoms with Crippen LogP contribution in [0.5, 0.6) is 0 Å². The molecule has 0 aliphatic heterocycles. The van der Waals surface area contributed by atoms with Crippen LogP contribution in [0.25, 0.3) is 11.3 Å². The first-order chi connectivity index (χ1) is 14.2. The smallest absolute Gasteiger partial charge is 0.389 e. The van der Waals surface area contributed by atoms with Crippen molar-refractivity contribution in [3.05, 3.63) is 48.4 Å². The highest BCUT2D eigenvalue weighted by molar-refractivity contribution is 7.89. The van der Waals surface area contributed by atoms with E-state index in [0.717, 1.165) is 0 Å². The molecule has 0 amide bonds. The van der Waals surface area contributed by atoms with Crippen molar-refractivity contribution in [1.82, 2.24) is 19.7 Å². The molecule has 0 radical (unpaired) electrons. The van der Waals surface area contributed by atoms with E-state index in [4.69, 9.17) is 5.14 Å². The minimum atomic E-state index is -4.75. The quantitative estimate of drug-likeness (QED) is 0.518. The van der Waals surface area contributed by atoms with Gasteiger partial charge in [-0.05, 0) is 26.0 Å². The number of sulfonamides is 1. The zero-order chi connectivity index (χ0) is 23.0. The zero-order valence-electron chi connectivity index (χ0n) is 16.4. The molecular formula is C18H19F3N6O3S. The Hall–Kier alpha value is -3.03. The SMILES string of the molecule is CC(C)(O)Cn1cc(-c2nc(Nc3ccccc3S(N)(=O)=O)ncc2C(F)(F)F)cn1. The van der Waals surface area contributed by atoms with Crippen LogP contribution in [0.2, 0.25) is 0 Å². The van der Waals surface area contributed by atoms with Crippen molar-refractivity contribution in [2.75, 3.05) is 5.32 Å². The molecule has 13 heteroatoms. The van der Waals surface area contributed by atoms with Gasteiger partial charge in [0.15, 0.2) is 0 Å². The molecule has 2 aromatic heterocycles. The Morgan fingerprint density at radius 3 is 2.48 bits per heavy atom. The Morgan fingerprint density at radius 2 is 1.87 bits per heavy atom. The van der Waals surface area contributed by atoms with Crippen LogP contribution >= 0.6 is 0 Å². The molecule has 166 valence electrons. The molecule has 0 bridgehead atoms. The van der Waals surface area contributed by atoms with Crippen LogP contribution in [0.1, 0.15) is 19.4 Å². The molecule has 0 atom stereocenters. The number of benzene rings is 1. The van der Waals surface area contributed by atoms with Crippen molar-refractivity contribution < 1.29 is 26.7 Å². The normalized spacial score (nSPS) is 12.7. The van der Waals surface area contributed by atoms with Crippen molar-refractivity contribution in [1.29, 1.82) is 0 Å². The Balaban J connectivity index is 2.06. The van der Waals surface area contributed by atoms with Crippen LogP contribution in [-0.4, -0.2) is 38.9 Å². The molecule has 0 saturated carbocycles. The second-order valence-electron chi connectivity index (χ2n) is 7.36. The average Bonchev–Trinajstić information content (AvgIpc) is 3.07. The number of rotatable bonds is 6. The number of alkyl halides is 3. The number of nitrogens with two attached hydrogens (primary N) is 1. The van der Waals surface area contributed by atoms with Crippen molar-refractivity contribution in [2.45, 2.75) is 37.1 Å². The average molecular weight is 456 g/mol. The van der Waals surface area contributed by atoms with Gasteiger partial charge in [-0.15, -0.1) is 0 Å². The number of halogens is 3. The minimum absolute atomic E-state index is 0.00781. The maximum atomic E-state index is 13.5. The molecule has 0 spiro atoms. The lowest BCUT2D eigenvalue weighted by molar-refractivity contribution is -0.137. The van der Waals surface area contributed by atoms with Crippen molar-refractivity contribution in [3.63, 3.8) is 0 Å². The summed E-state index contributed by atoms with van der Waals surface area (Å²) in [5.74, 6) is -0.269. The van der Waals surface area contributed by atoms with Crippen LogP contribution in [0, 0.1) is 0 Å². The number of hydrogen-bond donors (Lipinski definition) is 3. The van der Waals surface area contributed by atoms with Gasteiger partial charge in [-0.1, -0.05) is 12.1 Å². The van der Waals surface area contributed by atoms with Gasteiger partial charge in [0.1, 0.15) is 10.5 Å². The predicted molar refractivity (Wildman–Crippen MR) is 106 cm³/mol. The first-order valence-corrected chi connectivity index (χ1v) is 10.4. The highest BCUT2D eigenvalue weighted by atomic mass is 32.2. The fraction of sp³-hybridized carbons (Fsp3) is 0.278. The zero-order valence-corrected chi connectivity index (χ0v) is 17.2. The Bertz CT molecular complexity index is 1200. The third-order valence-corrected chi connectivity index (χ3v) is 4.96. The van der Waals surface area contributed by atoms with Gasteiger partial charge in [0.05, 0.1) is 29.7 Å². The third kappa shape index (κ3) is 5.57. The summed E-state index contributed by atoms with van der Waals surface area (Å²) >= 11 is 0. The highest BCUT2D eigenvalue weighted by Gasteiger charge is 2.36. The molecule has 3 aromatic rings. The molecule has 0 fully saturated rings. The Kier molecular flexibility index (Phi) is 5.78. The van der Waals surface area contributed by atoms with Gasteiger partial charge in [0.25, 0.3) is 0 Å². The Labute approximate surface area is 175 Å². The lowest BCUT2D eigenvalue weighted by Crippen LogP contribution is -2.26. The number of aliphatic hydroxyl groups is 1. The summed E-state index contributed by atoms with van der Waals surface area (Å²) in [5.41, 5.74) is -2.64. The number of primary sulfonamides is 1. The van der Waals surface area contributed by atoms with Crippen LogP contribution in [-0.2, 0) is 22.7 Å². The summed E-state index contributed by atoms with van der Waals surface area (Å²) in [6.07, 6.45) is -1.65. The predicted octanol–water partition coefficient (Wildman–Crippen LogP) is 2.52. The largest absolute Gasteiger partial charge is 0.419 e. The van der Waals surface area contributed by atoms with Gasteiger partial charge >= 0.3 is 6.18 Å². The fourth-order valence-corrected chi connectivity index (χ4v) is 3.47. The van der Waals surface area contributed by atoms with E-state index < -0.39 is 33.1 Å². The van der Waals surface area contributed by atoms with E-state index in [-0.39, 0.29) is 28.6 Å². The van der Waals surface area contributed by atoms with Crippen LogP contribution in [0.15, 0.2) is 47.8 Å². The summed E-state index contributed by atoms with van der Waals surface area (Å²) in [5, 5.41) is 21.6. The first-order valence-electron chi connectivity index (χ1n) is 8.82. The Morgan fingerprint density at radius 1 is 1.19 bits per heavy atom. The number of anilines is 2. The molecule has 0 aliphatic carbocycles. The molecular weight excluding hydrogens is 437 g/mol. The first kappa shape index (κ1) is 22.7. The van der Waals surface area contributed by atoms with E-state index in [1.165, 1.54) is 55.2 Å². The number of nitrogens with one attached hydrogen (secondary N) is 1. The molecule has 0 unspecified atom stereocenters. The third-order valence-electron chi connectivity index (χ3n) is 3.99. The van der Waals surface area contributed by atoms with Gasteiger partial charge in [-0.2, -0.15) is 18.3 Å². The maximum absolute atomic E-state index is 13.5. The molecule has 1 aromatic carbocycles. The number of para-hydroxylation sites is 1. The van der Waals surface area contributed by atoms with Gasteiger partial charge < -0.3 is 10.4 Å². The van der Waals surface area contributed by atoms with Gasteiger partial charge in [0.2, 0.25) is 16.0 Å². The van der Waals surface area contributed by atoms with E-state index in [2.05, 4.69) is 20.4 Å². The van der Waals surface area contributed by atoms with Crippen molar-refractivity contribution in [3.8, 4) is 11.3 Å². The second kappa shape index (κ2) is 7.90. The van der Waals surface area contributed by atoms with Crippen LogP contribution < -0.4 is 10.5 Å². The topological polar surface area (TPSA) is 136 Å². The fourth-order valence-electron chi connectivity index (χ4n) is 2.78. The summed E-state index contributed by atoms with van der Waals surface area (Å²) in [4.78, 5) is 7.35. The van der Waals surface area contributed by atoms with E-state index in [0.29, 0.717) is 6.20 Å². The molecule has 31 heavy (non-hydrogen) atoms. The molecule has 9 nitrogen and oxygen atoms in total. The van der Waals surface area contributed by atoms with Crippen LogP contribution in [0.4, 0.5) is 24.8 Å². The second-order valence-corrected chi connectivity index (χ2v) is 8.89. The molecule has 2 heterocycles. The standard InChI is InChI=1S/C18H19F3N6O3S/c1-17(2,28)10-27-9-11(7-24-27)15-12(18(19,20)21)8-23-16(26-15)25-13-5-3-4-6-14(13)31(22,29)30/h3-9,28H,10H2,1-2H3,(H2,22,29,30)(H,23,25,26). The summed E-state index contributed by atoms with van der Waals surface area (Å²) < 4.78 is 65.4.